The molecule has 0 bridgehead atoms. The molecular formula is C11H6N2O2. The number of benzene rings is 1. The van der Waals surface area contributed by atoms with E-state index in [0.717, 1.165) is 16.1 Å². The van der Waals surface area contributed by atoms with Gasteiger partial charge in [0.2, 0.25) is 0 Å². The van der Waals surface area contributed by atoms with E-state index in [9.17, 15) is 4.79 Å². The van der Waals surface area contributed by atoms with E-state index in [1.54, 1.807) is 12.3 Å². The number of carbonyl (C=O) groups is 1. The molecule has 1 aromatic carbocycles. The maximum atomic E-state index is 10.8. The van der Waals surface area contributed by atoms with Gasteiger partial charge in [0.25, 0.3) is 0 Å². The lowest BCUT2D eigenvalue weighted by molar-refractivity contribution is -0.129. The summed E-state index contributed by atoms with van der Waals surface area (Å²) in [7, 11) is 0. The summed E-state index contributed by atoms with van der Waals surface area (Å²) in [6, 6.07) is 3.70. The zero-order valence-corrected chi connectivity index (χ0v) is 7.64. The minimum atomic E-state index is -1.00. The molecule has 0 aromatic heterocycles. The maximum absolute atomic E-state index is 10.8. The Balaban J connectivity index is 2.34. The van der Waals surface area contributed by atoms with Gasteiger partial charge in [0.15, 0.2) is 0 Å². The number of carboxylic acid groups (broad SMARTS) is 1. The highest BCUT2D eigenvalue weighted by atomic mass is 16.4. The lowest BCUT2D eigenvalue weighted by Gasteiger charge is -1.95. The SMILES string of the molecule is O=C(O)C1=Nc2c3c(ccc2=C1)=NC=C3. The van der Waals surface area contributed by atoms with Crippen molar-refractivity contribution in [3.05, 3.63) is 34.5 Å². The van der Waals surface area contributed by atoms with Gasteiger partial charge >= 0.3 is 5.97 Å². The summed E-state index contributed by atoms with van der Waals surface area (Å²) in [6.45, 7) is 0. The summed E-state index contributed by atoms with van der Waals surface area (Å²) < 4.78 is 0. The van der Waals surface area contributed by atoms with Crippen LogP contribution in [-0.2, 0) is 4.79 Å². The number of hydrogen-bond acceptors (Lipinski definition) is 3. The Kier molecular flexibility index (Phi) is 1.42. The summed E-state index contributed by atoms with van der Waals surface area (Å²) in [4.78, 5) is 19.0. The monoisotopic (exact) mass is 198 g/mol. The maximum Gasteiger partial charge on any atom is 0.354 e. The summed E-state index contributed by atoms with van der Waals surface area (Å²) in [6.07, 6.45) is 5.11. The van der Waals surface area contributed by atoms with Crippen molar-refractivity contribution >= 4 is 29.5 Å². The average Bonchev–Trinajstić information content (AvgIpc) is 2.82. The summed E-state index contributed by atoms with van der Waals surface area (Å²) in [5.74, 6) is -1.00. The van der Waals surface area contributed by atoms with Crippen LogP contribution in [0.1, 0.15) is 5.56 Å². The van der Waals surface area contributed by atoms with E-state index >= 15 is 0 Å². The summed E-state index contributed by atoms with van der Waals surface area (Å²) >= 11 is 0. The molecule has 1 aromatic rings. The van der Waals surface area contributed by atoms with Crippen LogP contribution in [0.4, 0.5) is 5.69 Å². The van der Waals surface area contributed by atoms with Gasteiger partial charge in [0, 0.05) is 17.0 Å². The molecule has 15 heavy (non-hydrogen) atoms. The van der Waals surface area contributed by atoms with E-state index in [1.807, 2.05) is 18.2 Å². The van der Waals surface area contributed by atoms with Crippen LogP contribution in [0, 0.1) is 0 Å². The molecule has 4 heteroatoms. The van der Waals surface area contributed by atoms with E-state index in [-0.39, 0.29) is 5.71 Å². The van der Waals surface area contributed by atoms with Gasteiger partial charge in [-0.15, -0.1) is 0 Å². The Bertz CT molecular complexity index is 654. The van der Waals surface area contributed by atoms with Crippen molar-refractivity contribution in [1.82, 2.24) is 0 Å². The smallest absolute Gasteiger partial charge is 0.354 e. The van der Waals surface area contributed by atoms with Gasteiger partial charge in [-0.2, -0.15) is 0 Å². The third-order valence-corrected chi connectivity index (χ3v) is 2.42. The second kappa shape index (κ2) is 2.63. The zero-order chi connectivity index (χ0) is 10.4. The Morgan fingerprint density at radius 1 is 1.33 bits per heavy atom. The standard InChI is InChI=1S/C11H6N2O2/c14-11(15)9-5-6-1-2-8-7(3-4-12-8)10(6)13-9/h1-5H,(H,14,15). The number of hydrogen-bond donors (Lipinski definition) is 1. The van der Waals surface area contributed by atoms with Crippen LogP contribution in [-0.4, -0.2) is 16.8 Å². The normalized spacial score (nSPS) is 15.1. The van der Waals surface area contributed by atoms with Crippen molar-refractivity contribution in [2.75, 3.05) is 0 Å². The molecule has 0 saturated heterocycles. The van der Waals surface area contributed by atoms with Gasteiger partial charge in [-0.1, -0.05) is 6.07 Å². The van der Waals surface area contributed by atoms with Crippen LogP contribution in [0.3, 0.4) is 0 Å². The first-order valence-electron chi connectivity index (χ1n) is 4.47. The van der Waals surface area contributed by atoms with Crippen LogP contribution < -0.4 is 10.6 Å². The fourth-order valence-electron chi connectivity index (χ4n) is 1.73. The summed E-state index contributed by atoms with van der Waals surface area (Å²) in [5.41, 5.74) is 1.70. The van der Waals surface area contributed by atoms with Crippen molar-refractivity contribution in [2.24, 2.45) is 9.98 Å². The van der Waals surface area contributed by atoms with Crippen molar-refractivity contribution in [3.63, 3.8) is 0 Å². The Labute approximate surface area is 84.6 Å². The lowest BCUT2D eigenvalue weighted by atomic mass is 10.1. The van der Waals surface area contributed by atoms with Gasteiger partial charge in [0.1, 0.15) is 5.71 Å². The number of fused-ring (bicyclic) bond motifs is 3. The molecule has 2 aliphatic rings. The van der Waals surface area contributed by atoms with E-state index in [1.165, 1.54) is 0 Å². The Morgan fingerprint density at radius 2 is 2.20 bits per heavy atom. The van der Waals surface area contributed by atoms with Gasteiger partial charge in [-0.3, -0.25) is 4.99 Å². The van der Waals surface area contributed by atoms with Crippen LogP contribution in [0.5, 0.6) is 0 Å². The number of nitrogens with zero attached hydrogens (tertiary/aromatic N) is 2. The lowest BCUT2D eigenvalue weighted by Crippen LogP contribution is -2.10. The molecule has 2 aliphatic heterocycles. The van der Waals surface area contributed by atoms with Crippen molar-refractivity contribution in [2.45, 2.75) is 0 Å². The highest BCUT2D eigenvalue weighted by Crippen LogP contribution is 2.18. The van der Waals surface area contributed by atoms with Crippen molar-refractivity contribution in [3.8, 4) is 0 Å². The second-order valence-electron chi connectivity index (χ2n) is 3.33. The first-order chi connectivity index (χ1) is 7.25. The third kappa shape index (κ3) is 1.05. The molecule has 0 amide bonds. The number of aliphatic imine (C=N–C) groups is 1. The molecule has 2 heterocycles. The van der Waals surface area contributed by atoms with E-state index < -0.39 is 5.97 Å². The van der Waals surface area contributed by atoms with Gasteiger partial charge in [0.05, 0.1) is 11.0 Å². The van der Waals surface area contributed by atoms with Crippen molar-refractivity contribution < 1.29 is 9.90 Å². The molecule has 0 saturated carbocycles. The van der Waals surface area contributed by atoms with E-state index in [4.69, 9.17) is 5.11 Å². The zero-order valence-electron chi connectivity index (χ0n) is 7.64. The molecule has 0 spiro atoms. The molecule has 0 fully saturated rings. The highest BCUT2D eigenvalue weighted by Gasteiger charge is 2.16. The minimum absolute atomic E-state index is 0.0821. The summed E-state index contributed by atoms with van der Waals surface area (Å²) in [5, 5.41) is 10.5. The Morgan fingerprint density at radius 3 is 3.00 bits per heavy atom. The molecule has 1 N–H and O–H groups in total. The highest BCUT2D eigenvalue weighted by molar-refractivity contribution is 6.49. The number of carboxylic acids is 1. The van der Waals surface area contributed by atoms with Crippen LogP contribution in [0.15, 0.2) is 28.3 Å². The molecule has 0 aliphatic carbocycles. The molecular weight excluding hydrogens is 192 g/mol. The molecule has 4 nitrogen and oxygen atoms in total. The average molecular weight is 198 g/mol. The molecule has 0 atom stereocenters. The van der Waals surface area contributed by atoms with E-state index in [0.29, 0.717) is 5.69 Å². The van der Waals surface area contributed by atoms with Crippen LogP contribution in [0.25, 0.3) is 12.2 Å². The third-order valence-electron chi connectivity index (χ3n) is 2.42. The quantitative estimate of drug-likeness (QED) is 0.702. The van der Waals surface area contributed by atoms with E-state index in [2.05, 4.69) is 9.98 Å². The van der Waals surface area contributed by atoms with Crippen LogP contribution >= 0.6 is 0 Å². The first-order valence-corrected chi connectivity index (χ1v) is 4.47. The van der Waals surface area contributed by atoms with Gasteiger partial charge in [-0.25, -0.2) is 9.79 Å². The topological polar surface area (TPSA) is 62.0 Å². The molecule has 72 valence electrons. The van der Waals surface area contributed by atoms with Gasteiger partial charge < -0.3 is 5.11 Å². The first kappa shape index (κ1) is 8.11. The molecule has 0 radical (unpaired) electrons. The molecule has 0 unspecified atom stereocenters. The number of rotatable bonds is 1. The largest absolute Gasteiger partial charge is 0.477 e. The Hall–Kier alpha value is -2.23. The molecule has 3 rings (SSSR count). The second-order valence-corrected chi connectivity index (χ2v) is 3.33. The van der Waals surface area contributed by atoms with Gasteiger partial charge in [-0.05, 0) is 18.2 Å². The minimum Gasteiger partial charge on any atom is -0.477 e. The van der Waals surface area contributed by atoms with Crippen LogP contribution in [0.2, 0.25) is 0 Å². The fourth-order valence-corrected chi connectivity index (χ4v) is 1.73. The predicted molar refractivity (Wildman–Crippen MR) is 55.5 cm³/mol. The van der Waals surface area contributed by atoms with Crippen molar-refractivity contribution in [1.29, 1.82) is 0 Å². The number of aliphatic carboxylic acids is 1. The fraction of sp³-hybridized carbons (Fsp3) is 0. The predicted octanol–water partition coefficient (Wildman–Crippen LogP) is 0.242.